The van der Waals surface area contributed by atoms with E-state index in [-0.39, 0.29) is 18.0 Å². The number of aromatic nitrogens is 2. The molecule has 0 spiro atoms. The fourth-order valence-electron chi connectivity index (χ4n) is 3.01. The number of carbonyl (C=O) groups is 1. The predicted octanol–water partition coefficient (Wildman–Crippen LogP) is 1.83. The Morgan fingerprint density at radius 3 is 2.14 bits per heavy atom. The molecule has 1 aromatic rings. The van der Waals surface area contributed by atoms with Gasteiger partial charge in [-0.25, -0.2) is 14.8 Å². The number of rotatable bonds is 1. The van der Waals surface area contributed by atoms with Crippen molar-refractivity contribution in [2.45, 2.75) is 31.1 Å². The maximum Gasteiger partial charge on any atom is 0.419 e. The number of anilines is 1. The van der Waals surface area contributed by atoms with Gasteiger partial charge in [-0.2, -0.15) is 13.2 Å². The van der Waals surface area contributed by atoms with Crippen LogP contribution < -0.4 is 4.90 Å². The third-order valence-electron chi connectivity index (χ3n) is 3.95. The van der Waals surface area contributed by atoms with Crippen molar-refractivity contribution >= 4 is 12.0 Å². The van der Waals surface area contributed by atoms with Crippen LogP contribution in [0.15, 0.2) is 12.4 Å². The molecule has 21 heavy (non-hydrogen) atoms. The van der Waals surface area contributed by atoms with Gasteiger partial charge in [-0.3, -0.25) is 4.90 Å². The molecule has 2 saturated heterocycles. The van der Waals surface area contributed by atoms with E-state index in [4.69, 9.17) is 5.11 Å². The molecule has 2 atom stereocenters. The van der Waals surface area contributed by atoms with E-state index in [1.165, 1.54) is 4.90 Å². The monoisotopic (exact) mass is 302 g/mol. The fourth-order valence-corrected chi connectivity index (χ4v) is 3.01. The smallest absolute Gasteiger partial charge is 0.419 e. The molecule has 9 heteroatoms. The van der Waals surface area contributed by atoms with Crippen LogP contribution in [0, 0.1) is 0 Å². The molecule has 0 aliphatic carbocycles. The molecule has 2 unspecified atom stereocenters. The summed E-state index contributed by atoms with van der Waals surface area (Å²) in [6.07, 6.45) is -2.38. The van der Waals surface area contributed by atoms with Crippen LogP contribution in [0.3, 0.4) is 0 Å². The Bertz CT molecular complexity index is 534. The van der Waals surface area contributed by atoms with Gasteiger partial charge in [0, 0.05) is 25.5 Å². The number of nitrogens with zero attached hydrogens (tertiary/aromatic N) is 4. The van der Waals surface area contributed by atoms with Crippen LogP contribution in [-0.2, 0) is 6.18 Å². The summed E-state index contributed by atoms with van der Waals surface area (Å²) < 4.78 is 37.4. The summed E-state index contributed by atoms with van der Waals surface area (Å²) in [6, 6.07) is -0.292. The van der Waals surface area contributed by atoms with Crippen LogP contribution in [0.5, 0.6) is 0 Å². The molecule has 6 nitrogen and oxygen atoms in total. The molecule has 0 aromatic carbocycles. The minimum absolute atomic E-state index is 0.146. The molecule has 1 amide bonds. The van der Waals surface area contributed by atoms with Crippen molar-refractivity contribution in [1.82, 2.24) is 14.9 Å². The van der Waals surface area contributed by atoms with Gasteiger partial charge in [-0.15, -0.1) is 0 Å². The second-order valence-electron chi connectivity index (χ2n) is 5.25. The van der Waals surface area contributed by atoms with Gasteiger partial charge in [0.1, 0.15) is 0 Å². The normalized spacial score (nSPS) is 25.3. The van der Waals surface area contributed by atoms with Gasteiger partial charge in [0.15, 0.2) is 0 Å². The van der Waals surface area contributed by atoms with E-state index in [1.54, 1.807) is 4.90 Å². The average Bonchev–Trinajstić information content (AvgIpc) is 2.69. The van der Waals surface area contributed by atoms with E-state index in [2.05, 4.69) is 9.97 Å². The SMILES string of the molecule is O=C(O)N1C2CCC1CN(c1ncc(C(F)(F)F)cn1)C2. The zero-order valence-corrected chi connectivity index (χ0v) is 10.9. The maximum absolute atomic E-state index is 12.5. The molecule has 3 rings (SSSR count). The van der Waals surface area contributed by atoms with Crippen LogP contribution in [0.4, 0.5) is 23.9 Å². The summed E-state index contributed by atoms with van der Waals surface area (Å²) in [5.74, 6) is 0.213. The first kappa shape index (κ1) is 13.9. The number of piperazine rings is 1. The quantitative estimate of drug-likeness (QED) is 0.857. The highest BCUT2D eigenvalue weighted by Gasteiger charge is 2.43. The number of amides is 1. The minimum atomic E-state index is -4.46. The lowest BCUT2D eigenvalue weighted by atomic mass is 10.2. The van der Waals surface area contributed by atoms with Gasteiger partial charge in [0.25, 0.3) is 0 Å². The summed E-state index contributed by atoms with van der Waals surface area (Å²) in [6.45, 7) is 0.822. The zero-order valence-electron chi connectivity index (χ0n) is 10.9. The Balaban J connectivity index is 1.76. The highest BCUT2D eigenvalue weighted by Crippen LogP contribution is 2.32. The van der Waals surface area contributed by atoms with Crippen molar-refractivity contribution in [3.63, 3.8) is 0 Å². The fraction of sp³-hybridized carbons (Fsp3) is 0.583. The van der Waals surface area contributed by atoms with Gasteiger partial charge in [0.05, 0.1) is 17.6 Å². The largest absolute Gasteiger partial charge is 0.465 e. The number of halogens is 3. The zero-order chi connectivity index (χ0) is 15.2. The maximum atomic E-state index is 12.5. The first-order chi connectivity index (χ1) is 9.86. The van der Waals surface area contributed by atoms with Crippen molar-refractivity contribution < 1.29 is 23.1 Å². The Morgan fingerprint density at radius 2 is 1.71 bits per heavy atom. The van der Waals surface area contributed by atoms with Gasteiger partial charge in [0.2, 0.25) is 5.95 Å². The van der Waals surface area contributed by atoms with E-state index in [9.17, 15) is 18.0 Å². The first-order valence-electron chi connectivity index (χ1n) is 6.51. The van der Waals surface area contributed by atoms with Gasteiger partial charge >= 0.3 is 12.3 Å². The first-order valence-corrected chi connectivity index (χ1v) is 6.51. The lowest BCUT2D eigenvalue weighted by molar-refractivity contribution is -0.138. The molecule has 114 valence electrons. The molecule has 3 heterocycles. The highest BCUT2D eigenvalue weighted by atomic mass is 19.4. The summed E-state index contributed by atoms with van der Waals surface area (Å²) in [5.41, 5.74) is -0.890. The molecule has 0 saturated carbocycles. The number of hydrogen-bond acceptors (Lipinski definition) is 4. The Kier molecular flexibility index (Phi) is 3.14. The molecule has 2 fully saturated rings. The van der Waals surface area contributed by atoms with Crippen LogP contribution in [-0.4, -0.2) is 51.2 Å². The average molecular weight is 302 g/mol. The summed E-state index contributed by atoms with van der Waals surface area (Å²) in [5, 5.41) is 9.15. The summed E-state index contributed by atoms with van der Waals surface area (Å²) in [4.78, 5) is 21.9. The lowest BCUT2D eigenvalue weighted by Gasteiger charge is -2.39. The number of alkyl halides is 3. The second kappa shape index (κ2) is 4.74. The predicted molar refractivity (Wildman–Crippen MR) is 65.9 cm³/mol. The number of hydrogen-bond donors (Lipinski definition) is 1. The molecule has 2 aliphatic heterocycles. The van der Waals surface area contributed by atoms with Crippen LogP contribution in [0.1, 0.15) is 18.4 Å². The Labute approximate surface area is 118 Å². The minimum Gasteiger partial charge on any atom is -0.465 e. The molecule has 2 aliphatic rings. The Morgan fingerprint density at radius 1 is 1.19 bits per heavy atom. The van der Waals surface area contributed by atoms with Crippen LogP contribution in [0.2, 0.25) is 0 Å². The van der Waals surface area contributed by atoms with Crippen LogP contribution in [0.25, 0.3) is 0 Å². The molecule has 2 bridgehead atoms. The standard InChI is InChI=1S/C12H13F3N4O2/c13-12(14,15)7-3-16-10(17-4-7)18-5-8-1-2-9(6-18)19(8)11(20)21/h3-4,8-9H,1-2,5-6H2,(H,20,21). The molecule has 1 N–H and O–H groups in total. The van der Waals surface area contributed by atoms with Crippen molar-refractivity contribution in [3.8, 4) is 0 Å². The summed E-state index contributed by atoms with van der Waals surface area (Å²) >= 11 is 0. The van der Waals surface area contributed by atoms with Crippen molar-refractivity contribution in [2.75, 3.05) is 18.0 Å². The van der Waals surface area contributed by atoms with Crippen molar-refractivity contribution in [2.24, 2.45) is 0 Å². The lowest BCUT2D eigenvalue weighted by Crippen LogP contribution is -2.55. The number of carboxylic acid groups (broad SMARTS) is 1. The highest BCUT2D eigenvalue weighted by molar-refractivity contribution is 5.67. The third-order valence-corrected chi connectivity index (χ3v) is 3.95. The topological polar surface area (TPSA) is 69.6 Å². The molecule has 0 radical (unpaired) electrons. The van der Waals surface area contributed by atoms with Crippen molar-refractivity contribution in [3.05, 3.63) is 18.0 Å². The van der Waals surface area contributed by atoms with Gasteiger partial charge in [-0.05, 0) is 12.8 Å². The van der Waals surface area contributed by atoms with Crippen molar-refractivity contribution in [1.29, 1.82) is 0 Å². The number of fused-ring (bicyclic) bond motifs is 2. The Hall–Kier alpha value is -2.06. The van der Waals surface area contributed by atoms with Gasteiger partial charge < -0.3 is 10.0 Å². The van der Waals surface area contributed by atoms with E-state index >= 15 is 0 Å². The van der Waals surface area contributed by atoms with E-state index in [0.717, 1.165) is 25.2 Å². The molecular formula is C12H13F3N4O2. The van der Waals surface area contributed by atoms with E-state index < -0.39 is 17.8 Å². The molecule has 1 aromatic heterocycles. The second-order valence-corrected chi connectivity index (χ2v) is 5.25. The van der Waals surface area contributed by atoms with E-state index in [0.29, 0.717) is 13.1 Å². The van der Waals surface area contributed by atoms with Gasteiger partial charge in [-0.1, -0.05) is 0 Å². The third kappa shape index (κ3) is 2.47. The van der Waals surface area contributed by atoms with E-state index in [1.807, 2.05) is 0 Å². The molecular weight excluding hydrogens is 289 g/mol. The summed E-state index contributed by atoms with van der Waals surface area (Å²) in [7, 11) is 0. The van der Waals surface area contributed by atoms with Crippen LogP contribution >= 0.6 is 0 Å².